The molecule has 7 heteroatoms. The minimum atomic E-state index is -3.53. The largest absolute Gasteiger partial charge is 0.358 e. The molecule has 0 atom stereocenters. The first kappa shape index (κ1) is 15.4. The molecule has 3 heterocycles. The zero-order chi connectivity index (χ0) is 16.9. The SMILES string of the molecule is Cc1n[nH]c(C)c1S(=O)(=O)N1CCc2[nH]c3ccccc3c2CC1. The molecule has 1 aliphatic heterocycles. The lowest BCUT2D eigenvalue weighted by Crippen LogP contribution is -2.34. The molecule has 6 nitrogen and oxygen atoms in total. The zero-order valence-corrected chi connectivity index (χ0v) is 14.6. The van der Waals surface area contributed by atoms with E-state index in [0.717, 1.165) is 11.2 Å². The second kappa shape index (κ2) is 5.46. The number of hydrogen-bond acceptors (Lipinski definition) is 3. The van der Waals surface area contributed by atoms with Crippen LogP contribution < -0.4 is 0 Å². The second-order valence-electron chi connectivity index (χ2n) is 6.29. The lowest BCUT2D eigenvalue weighted by molar-refractivity contribution is 0.425. The van der Waals surface area contributed by atoms with Gasteiger partial charge in [0.15, 0.2) is 0 Å². The van der Waals surface area contributed by atoms with Gasteiger partial charge >= 0.3 is 0 Å². The zero-order valence-electron chi connectivity index (χ0n) is 13.8. The van der Waals surface area contributed by atoms with Crippen LogP contribution in [-0.2, 0) is 22.9 Å². The standard InChI is InChI=1S/C17H20N4O2S/c1-11-17(12(2)20-19-11)24(22,23)21-9-7-14-13-5-3-4-6-15(13)18-16(14)8-10-21/h3-6,18H,7-10H2,1-2H3,(H,19,20). The summed E-state index contributed by atoms with van der Waals surface area (Å²) in [5.41, 5.74) is 4.64. The first-order valence-electron chi connectivity index (χ1n) is 8.08. The van der Waals surface area contributed by atoms with Crippen molar-refractivity contribution >= 4 is 20.9 Å². The summed E-state index contributed by atoms with van der Waals surface area (Å²) in [4.78, 5) is 3.76. The van der Waals surface area contributed by atoms with E-state index < -0.39 is 10.0 Å². The molecule has 1 aliphatic rings. The summed E-state index contributed by atoms with van der Waals surface area (Å²) in [5, 5.41) is 8.00. The Morgan fingerprint density at radius 1 is 1.12 bits per heavy atom. The molecule has 1 aromatic carbocycles. The Morgan fingerprint density at radius 2 is 1.88 bits per heavy atom. The van der Waals surface area contributed by atoms with Crippen LogP contribution >= 0.6 is 0 Å². The van der Waals surface area contributed by atoms with Gasteiger partial charge in [-0.2, -0.15) is 9.40 Å². The summed E-state index contributed by atoms with van der Waals surface area (Å²) in [6.45, 7) is 4.44. The minimum absolute atomic E-state index is 0.318. The van der Waals surface area contributed by atoms with Crippen LogP contribution in [0.25, 0.3) is 10.9 Å². The molecule has 3 aromatic rings. The minimum Gasteiger partial charge on any atom is -0.358 e. The van der Waals surface area contributed by atoms with Gasteiger partial charge in [0.1, 0.15) is 4.90 Å². The number of aromatic nitrogens is 3. The Labute approximate surface area is 140 Å². The molecule has 0 aliphatic carbocycles. The van der Waals surface area contributed by atoms with Crippen molar-refractivity contribution in [2.24, 2.45) is 0 Å². The Morgan fingerprint density at radius 3 is 2.62 bits per heavy atom. The van der Waals surface area contributed by atoms with Gasteiger partial charge in [-0.1, -0.05) is 18.2 Å². The fourth-order valence-corrected chi connectivity index (χ4v) is 5.40. The van der Waals surface area contributed by atoms with E-state index in [-0.39, 0.29) is 0 Å². The molecular formula is C17H20N4O2S. The number of fused-ring (bicyclic) bond motifs is 3. The Balaban J connectivity index is 1.69. The lowest BCUT2D eigenvalue weighted by Gasteiger charge is -2.20. The van der Waals surface area contributed by atoms with Gasteiger partial charge in [-0.25, -0.2) is 8.42 Å². The highest BCUT2D eigenvalue weighted by Gasteiger charge is 2.31. The van der Waals surface area contributed by atoms with Crippen molar-refractivity contribution in [1.29, 1.82) is 0 Å². The second-order valence-corrected chi connectivity index (χ2v) is 8.17. The maximum absolute atomic E-state index is 13.0. The number of nitrogens with one attached hydrogen (secondary N) is 2. The lowest BCUT2D eigenvalue weighted by atomic mass is 10.1. The van der Waals surface area contributed by atoms with Gasteiger partial charge < -0.3 is 4.98 Å². The third-order valence-corrected chi connectivity index (χ3v) is 6.95. The average Bonchev–Trinajstić information content (AvgIpc) is 2.99. The van der Waals surface area contributed by atoms with Gasteiger partial charge in [0, 0.05) is 36.1 Å². The van der Waals surface area contributed by atoms with E-state index >= 15 is 0 Å². The first-order valence-corrected chi connectivity index (χ1v) is 9.52. The molecule has 0 saturated carbocycles. The number of benzene rings is 1. The van der Waals surface area contributed by atoms with E-state index in [1.165, 1.54) is 10.9 Å². The summed E-state index contributed by atoms with van der Waals surface area (Å²) in [6, 6.07) is 8.20. The van der Waals surface area contributed by atoms with Gasteiger partial charge in [0.05, 0.1) is 11.4 Å². The van der Waals surface area contributed by atoms with Crippen LogP contribution in [0.3, 0.4) is 0 Å². The van der Waals surface area contributed by atoms with Gasteiger partial charge in [-0.3, -0.25) is 5.10 Å². The Bertz CT molecular complexity index is 997. The molecule has 0 spiro atoms. The molecule has 4 rings (SSSR count). The smallest absolute Gasteiger partial charge is 0.246 e. The third kappa shape index (κ3) is 2.27. The van der Waals surface area contributed by atoms with E-state index in [4.69, 9.17) is 0 Å². The quantitative estimate of drug-likeness (QED) is 0.748. The monoisotopic (exact) mass is 344 g/mol. The first-order chi connectivity index (χ1) is 11.5. The normalized spacial score (nSPS) is 16.2. The highest BCUT2D eigenvalue weighted by atomic mass is 32.2. The summed E-state index contributed by atoms with van der Waals surface area (Å²) in [6.07, 6.45) is 1.41. The summed E-state index contributed by atoms with van der Waals surface area (Å²) < 4.78 is 27.7. The van der Waals surface area contributed by atoms with Gasteiger partial charge in [0.2, 0.25) is 10.0 Å². The number of sulfonamides is 1. The number of H-pyrrole nitrogens is 2. The Hall–Kier alpha value is -2.12. The third-order valence-electron chi connectivity index (χ3n) is 4.78. The molecule has 0 saturated heterocycles. The van der Waals surface area contributed by atoms with Crippen molar-refractivity contribution in [1.82, 2.24) is 19.5 Å². The van der Waals surface area contributed by atoms with Crippen LogP contribution in [0, 0.1) is 13.8 Å². The average molecular weight is 344 g/mol. The van der Waals surface area contributed by atoms with Crippen molar-refractivity contribution < 1.29 is 8.42 Å². The maximum Gasteiger partial charge on any atom is 0.246 e. The summed E-state index contributed by atoms with van der Waals surface area (Å²) >= 11 is 0. The summed E-state index contributed by atoms with van der Waals surface area (Å²) in [7, 11) is -3.53. The van der Waals surface area contributed by atoms with Gasteiger partial charge in [0.25, 0.3) is 0 Å². The van der Waals surface area contributed by atoms with E-state index in [2.05, 4.69) is 27.3 Å². The number of nitrogens with zero attached hydrogens (tertiary/aromatic N) is 2. The van der Waals surface area contributed by atoms with E-state index in [0.29, 0.717) is 42.2 Å². The van der Waals surface area contributed by atoms with E-state index in [9.17, 15) is 8.42 Å². The highest BCUT2D eigenvalue weighted by molar-refractivity contribution is 7.89. The fraction of sp³-hybridized carbons (Fsp3) is 0.353. The highest BCUT2D eigenvalue weighted by Crippen LogP contribution is 2.28. The van der Waals surface area contributed by atoms with Crippen LogP contribution in [-0.4, -0.2) is 41.0 Å². The van der Waals surface area contributed by atoms with Gasteiger partial charge in [-0.15, -0.1) is 0 Å². The molecule has 0 radical (unpaired) electrons. The molecule has 0 amide bonds. The van der Waals surface area contributed by atoms with Crippen LogP contribution in [0.2, 0.25) is 0 Å². The Kier molecular flexibility index (Phi) is 3.51. The number of aromatic amines is 2. The van der Waals surface area contributed by atoms with E-state index in [1.807, 2.05) is 12.1 Å². The molecule has 126 valence electrons. The van der Waals surface area contributed by atoms with Crippen molar-refractivity contribution in [2.75, 3.05) is 13.1 Å². The molecule has 2 N–H and O–H groups in total. The number of hydrogen-bond donors (Lipinski definition) is 2. The van der Waals surface area contributed by atoms with Crippen LogP contribution in [0.15, 0.2) is 29.2 Å². The topological polar surface area (TPSA) is 81.8 Å². The van der Waals surface area contributed by atoms with Crippen molar-refractivity contribution in [3.8, 4) is 0 Å². The van der Waals surface area contributed by atoms with Crippen LogP contribution in [0.4, 0.5) is 0 Å². The van der Waals surface area contributed by atoms with Gasteiger partial charge in [-0.05, 0) is 31.9 Å². The molecule has 0 bridgehead atoms. The molecule has 0 unspecified atom stereocenters. The van der Waals surface area contributed by atoms with Crippen molar-refractivity contribution in [3.63, 3.8) is 0 Å². The number of rotatable bonds is 2. The summed E-state index contributed by atoms with van der Waals surface area (Å²) in [5.74, 6) is 0. The van der Waals surface area contributed by atoms with Crippen LogP contribution in [0.5, 0.6) is 0 Å². The fourth-order valence-electron chi connectivity index (χ4n) is 3.63. The van der Waals surface area contributed by atoms with Crippen molar-refractivity contribution in [2.45, 2.75) is 31.6 Å². The molecular weight excluding hydrogens is 324 g/mol. The molecule has 24 heavy (non-hydrogen) atoms. The molecule has 2 aromatic heterocycles. The van der Waals surface area contributed by atoms with E-state index in [1.54, 1.807) is 18.2 Å². The number of para-hydroxylation sites is 1. The maximum atomic E-state index is 13.0. The number of aryl methyl sites for hydroxylation is 2. The molecule has 0 fully saturated rings. The predicted octanol–water partition coefficient (Wildman–Crippen LogP) is 2.30. The van der Waals surface area contributed by atoms with Crippen molar-refractivity contribution in [3.05, 3.63) is 46.9 Å². The predicted molar refractivity (Wildman–Crippen MR) is 92.5 cm³/mol. The van der Waals surface area contributed by atoms with Crippen LogP contribution in [0.1, 0.15) is 22.6 Å².